The predicted molar refractivity (Wildman–Crippen MR) is 101 cm³/mol. The maximum atomic E-state index is 6.55. The van der Waals surface area contributed by atoms with Gasteiger partial charge in [-0.2, -0.15) is 5.10 Å². The van der Waals surface area contributed by atoms with Gasteiger partial charge in [-0.1, -0.05) is 43.1 Å². The molecule has 6 heteroatoms. The molecule has 0 fully saturated rings. The van der Waals surface area contributed by atoms with Crippen LogP contribution in [0.3, 0.4) is 0 Å². The Bertz CT molecular complexity index is 817. The van der Waals surface area contributed by atoms with Gasteiger partial charge in [0.1, 0.15) is 24.2 Å². The van der Waals surface area contributed by atoms with Crippen LogP contribution in [-0.2, 0) is 6.54 Å². The first kappa shape index (κ1) is 17.8. The highest BCUT2D eigenvalue weighted by atomic mass is 35.5. The maximum Gasteiger partial charge on any atom is 0.137 e. The van der Waals surface area contributed by atoms with Gasteiger partial charge in [0.15, 0.2) is 0 Å². The predicted octanol–water partition coefficient (Wildman–Crippen LogP) is 5.82. The smallest absolute Gasteiger partial charge is 0.137 e. The van der Waals surface area contributed by atoms with Gasteiger partial charge >= 0.3 is 0 Å². The molecule has 1 atom stereocenters. The SMILES string of the molecule is CC(C)C(Cn1cncn1)c1ccc(Oc2ccc(Cl)cc2)cc1Cl. The summed E-state index contributed by atoms with van der Waals surface area (Å²) < 4.78 is 7.68. The molecule has 0 spiro atoms. The van der Waals surface area contributed by atoms with E-state index in [1.165, 1.54) is 0 Å². The van der Waals surface area contributed by atoms with Crippen molar-refractivity contribution in [1.29, 1.82) is 0 Å². The Morgan fingerprint density at radius 2 is 1.76 bits per heavy atom. The van der Waals surface area contributed by atoms with Gasteiger partial charge in [-0.25, -0.2) is 4.98 Å². The standard InChI is InChI=1S/C19H19Cl2N3O/c1-13(2)18(10-24-12-22-11-23-24)17-8-7-16(9-19(17)21)25-15-5-3-14(20)4-6-15/h3-9,11-13,18H,10H2,1-2H3. The zero-order valence-electron chi connectivity index (χ0n) is 14.1. The molecule has 1 heterocycles. The van der Waals surface area contributed by atoms with E-state index in [4.69, 9.17) is 27.9 Å². The minimum absolute atomic E-state index is 0.235. The minimum Gasteiger partial charge on any atom is -0.457 e. The average molecular weight is 376 g/mol. The number of aromatic nitrogens is 3. The molecular weight excluding hydrogens is 357 g/mol. The zero-order valence-corrected chi connectivity index (χ0v) is 15.6. The van der Waals surface area contributed by atoms with Gasteiger partial charge in [-0.05, 0) is 47.9 Å². The van der Waals surface area contributed by atoms with E-state index in [1.807, 2.05) is 35.0 Å². The quantitative estimate of drug-likeness (QED) is 0.544. The Hall–Kier alpha value is -2.04. The molecule has 0 amide bonds. The zero-order chi connectivity index (χ0) is 17.8. The monoisotopic (exact) mass is 375 g/mol. The van der Waals surface area contributed by atoms with Crippen molar-refractivity contribution in [3.8, 4) is 11.5 Å². The molecule has 2 aromatic carbocycles. The number of halogens is 2. The van der Waals surface area contributed by atoms with E-state index >= 15 is 0 Å². The van der Waals surface area contributed by atoms with Crippen LogP contribution in [0.1, 0.15) is 25.3 Å². The lowest BCUT2D eigenvalue weighted by Gasteiger charge is -2.22. The second-order valence-electron chi connectivity index (χ2n) is 6.21. The highest BCUT2D eigenvalue weighted by Crippen LogP contribution is 2.35. The van der Waals surface area contributed by atoms with E-state index in [-0.39, 0.29) is 5.92 Å². The van der Waals surface area contributed by atoms with Crippen molar-refractivity contribution < 1.29 is 4.74 Å². The van der Waals surface area contributed by atoms with Gasteiger partial charge in [-0.15, -0.1) is 0 Å². The second kappa shape index (κ2) is 7.89. The first-order chi connectivity index (χ1) is 12.0. The number of rotatable bonds is 6. The van der Waals surface area contributed by atoms with E-state index < -0.39 is 0 Å². The number of hydrogen-bond acceptors (Lipinski definition) is 3. The normalized spacial score (nSPS) is 12.4. The third-order valence-corrected chi connectivity index (χ3v) is 4.66. The highest BCUT2D eigenvalue weighted by Gasteiger charge is 2.20. The molecule has 0 N–H and O–H groups in total. The van der Waals surface area contributed by atoms with Gasteiger partial charge in [0, 0.05) is 22.5 Å². The summed E-state index contributed by atoms with van der Waals surface area (Å²) in [5, 5.41) is 5.56. The molecule has 0 aliphatic heterocycles. The van der Waals surface area contributed by atoms with E-state index in [1.54, 1.807) is 24.8 Å². The molecule has 0 aliphatic carbocycles. The highest BCUT2D eigenvalue weighted by molar-refractivity contribution is 6.31. The van der Waals surface area contributed by atoms with Crippen LogP contribution in [0.15, 0.2) is 55.1 Å². The molecule has 3 aromatic rings. The summed E-state index contributed by atoms with van der Waals surface area (Å²) in [6, 6.07) is 13.0. The molecule has 0 radical (unpaired) electrons. The second-order valence-corrected chi connectivity index (χ2v) is 7.05. The third kappa shape index (κ3) is 4.53. The summed E-state index contributed by atoms with van der Waals surface area (Å²) in [6.45, 7) is 5.08. The van der Waals surface area contributed by atoms with Gasteiger partial charge in [0.25, 0.3) is 0 Å². The van der Waals surface area contributed by atoms with Gasteiger partial charge in [0.2, 0.25) is 0 Å². The topological polar surface area (TPSA) is 39.9 Å². The molecule has 25 heavy (non-hydrogen) atoms. The fourth-order valence-corrected chi connectivity index (χ4v) is 3.14. The number of benzene rings is 2. The molecule has 0 saturated heterocycles. The van der Waals surface area contributed by atoms with E-state index in [0.717, 1.165) is 17.9 Å². The lowest BCUT2D eigenvalue weighted by atomic mass is 9.88. The summed E-state index contributed by atoms with van der Waals surface area (Å²) in [6.07, 6.45) is 3.27. The Balaban J connectivity index is 1.80. The third-order valence-electron chi connectivity index (χ3n) is 4.08. The van der Waals surface area contributed by atoms with Crippen LogP contribution in [0.4, 0.5) is 0 Å². The summed E-state index contributed by atoms with van der Waals surface area (Å²) in [4.78, 5) is 4.01. The Kier molecular flexibility index (Phi) is 5.61. The van der Waals surface area contributed by atoms with Crippen molar-refractivity contribution in [2.24, 2.45) is 5.92 Å². The first-order valence-electron chi connectivity index (χ1n) is 8.08. The van der Waals surface area contributed by atoms with Crippen LogP contribution in [0.2, 0.25) is 10.0 Å². The van der Waals surface area contributed by atoms with Gasteiger partial charge in [-0.3, -0.25) is 4.68 Å². The average Bonchev–Trinajstić information content (AvgIpc) is 3.08. The number of hydrogen-bond donors (Lipinski definition) is 0. The fourth-order valence-electron chi connectivity index (χ4n) is 2.71. The van der Waals surface area contributed by atoms with Crippen molar-refractivity contribution in [2.45, 2.75) is 26.3 Å². The van der Waals surface area contributed by atoms with E-state index in [2.05, 4.69) is 23.9 Å². The van der Waals surface area contributed by atoms with Crippen LogP contribution in [0, 0.1) is 5.92 Å². The Morgan fingerprint density at radius 1 is 1.04 bits per heavy atom. The minimum atomic E-state index is 0.235. The number of nitrogens with zero attached hydrogens (tertiary/aromatic N) is 3. The lowest BCUT2D eigenvalue weighted by molar-refractivity contribution is 0.414. The molecule has 0 aliphatic rings. The van der Waals surface area contributed by atoms with Crippen LogP contribution < -0.4 is 4.74 Å². The summed E-state index contributed by atoms with van der Waals surface area (Å²) in [7, 11) is 0. The summed E-state index contributed by atoms with van der Waals surface area (Å²) in [5.74, 6) is 2.05. The van der Waals surface area contributed by atoms with Crippen molar-refractivity contribution in [3.63, 3.8) is 0 Å². The van der Waals surface area contributed by atoms with E-state index in [0.29, 0.717) is 21.7 Å². The lowest BCUT2D eigenvalue weighted by Crippen LogP contribution is -2.15. The van der Waals surface area contributed by atoms with Crippen LogP contribution in [0.25, 0.3) is 0 Å². The molecule has 130 valence electrons. The van der Waals surface area contributed by atoms with Crippen molar-refractivity contribution in [2.75, 3.05) is 0 Å². The van der Waals surface area contributed by atoms with Crippen molar-refractivity contribution in [1.82, 2.24) is 14.8 Å². The summed E-state index contributed by atoms with van der Waals surface area (Å²) in [5.41, 5.74) is 1.08. The Morgan fingerprint density at radius 3 is 2.36 bits per heavy atom. The van der Waals surface area contributed by atoms with Crippen LogP contribution >= 0.6 is 23.2 Å². The molecule has 3 rings (SSSR count). The molecular formula is C19H19Cl2N3O. The summed E-state index contributed by atoms with van der Waals surface area (Å²) >= 11 is 12.4. The van der Waals surface area contributed by atoms with Crippen LogP contribution in [-0.4, -0.2) is 14.8 Å². The maximum absolute atomic E-state index is 6.55. The molecule has 0 saturated carbocycles. The molecule has 1 aromatic heterocycles. The molecule has 0 bridgehead atoms. The van der Waals surface area contributed by atoms with Crippen molar-refractivity contribution in [3.05, 3.63) is 70.7 Å². The largest absolute Gasteiger partial charge is 0.457 e. The first-order valence-corrected chi connectivity index (χ1v) is 8.84. The van der Waals surface area contributed by atoms with E-state index in [9.17, 15) is 0 Å². The molecule has 1 unspecified atom stereocenters. The van der Waals surface area contributed by atoms with Crippen LogP contribution in [0.5, 0.6) is 11.5 Å². The van der Waals surface area contributed by atoms with Gasteiger partial charge < -0.3 is 4.74 Å². The van der Waals surface area contributed by atoms with Crippen molar-refractivity contribution >= 4 is 23.2 Å². The Labute approximate surface area is 157 Å². The molecule has 4 nitrogen and oxygen atoms in total. The number of ether oxygens (including phenoxy) is 1. The van der Waals surface area contributed by atoms with Gasteiger partial charge in [0.05, 0.1) is 0 Å². The fraction of sp³-hybridized carbons (Fsp3) is 0.263.